The number of hydrogen-bond acceptors (Lipinski definition) is 7. The number of nitrogens with one attached hydrogen (secondary N) is 1. The number of amides is 1. The highest BCUT2D eigenvalue weighted by Gasteiger charge is 2.43. The number of ether oxygens (including phenoxy) is 2. The van der Waals surface area contributed by atoms with E-state index >= 15 is 0 Å². The number of carbonyl (C=O) groups is 3. The fraction of sp³-hybridized carbons (Fsp3) is 0.182. The first-order chi connectivity index (χ1) is 14.5. The summed E-state index contributed by atoms with van der Waals surface area (Å²) in [6.45, 7) is 0. The number of aliphatic imine (C=N–C) groups is 1. The Balaban J connectivity index is 1.77. The SMILES string of the molecule is COc1ccc(C2=NC(O)C3=C2C(=O)NC3c2ccc(C=O)c(C=O)c2)cc1OC. The third-order valence-electron chi connectivity index (χ3n) is 5.22. The minimum absolute atomic E-state index is 0.208. The van der Waals surface area contributed by atoms with Gasteiger partial charge >= 0.3 is 0 Å². The predicted octanol–water partition coefficient (Wildman–Crippen LogP) is 1.62. The lowest BCUT2D eigenvalue weighted by molar-refractivity contribution is -0.116. The van der Waals surface area contributed by atoms with E-state index in [0.717, 1.165) is 0 Å². The van der Waals surface area contributed by atoms with Crippen LogP contribution in [0.25, 0.3) is 0 Å². The molecule has 0 aromatic heterocycles. The van der Waals surface area contributed by atoms with Crippen LogP contribution < -0.4 is 14.8 Å². The molecule has 8 nitrogen and oxygen atoms in total. The highest BCUT2D eigenvalue weighted by Crippen LogP contribution is 2.40. The third-order valence-corrected chi connectivity index (χ3v) is 5.22. The average Bonchev–Trinajstić information content (AvgIpc) is 3.30. The van der Waals surface area contributed by atoms with E-state index in [0.29, 0.717) is 46.5 Å². The Morgan fingerprint density at radius 1 is 1.00 bits per heavy atom. The summed E-state index contributed by atoms with van der Waals surface area (Å²) in [5.41, 5.74) is 2.66. The minimum Gasteiger partial charge on any atom is -0.493 e. The quantitative estimate of drug-likeness (QED) is 0.705. The molecule has 1 amide bonds. The smallest absolute Gasteiger partial charge is 0.254 e. The topological polar surface area (TPSA) is 114 Å². The molecule has 2 N–H and O–H groups in total. The van der Waals surface area contributed by atoms with Gasteiger partial charge in [0.25, 0.3) is 5.91 Å². The van der Waals surface area contributed by atoms with Crippen LogP contribution in [0.15, 0.2) is 52.5 Å². The number of aliphatic hydroxyl groups is 1. The van der Waals surface area contributed by atoms with Crippen LogP contribution in [0.3, 0.4) is 0 Å². The second-order valence-electron chi connectivity index (χ2n) is 6.78. The molecule has 2 unspecified atom stereocenters. The number of aldehydes is 2. The number of nitrogens with zero attached hydrogens (tertiary/aromatic N) is 1. The molecule has 0 spiro atoms. The maximum atomic E-state index is 12.8. The summed E-state index contributed by atoms with van der Waals surface area (Å²) < 4.78 is 10.6. The maximum Gasteiger partial charge on any atom is 0.254 e. The van der Waals surface area contributed by atoms with Gasteiger partial charge in [-0.2, -0.15) is 0 Å². The van der Waals surface area contributed by atoms with Gasteiger partial charge < -0.3 is 19.9 Å². The minimum atomic E-state index is -1.22. The Hall–Kier alpha value is -3.78. The molecule has 2 atom stereocenters. The second kappa shape index (κ2) is 7.57. The Morgan fingerprint density at radius 3 is 2.40 bits per heavy atom. The molecule has 0 saturated heterocycles. The van der Waals surface area contributed by atoms with Crippen molar-refractivity contribution in [1.29, 1.82) is 0 Å². The number of methoxy groups -OCH3 is 2. The lowest BCUT2D eigenvalue weighted by Gasteiger charge is -2.17. The van der Waals surface area contributed by atoms with Gasteiger partial charge in [-0.3, -0.25) is 14.4 Å². The highest BCUT2D eigenvalue weighted by molar-refractivity contribution is 6.31. The van der Waals surface area contributed by atoms with Gasteiger partial charge in [-0.05, 0) is 29.8 Å². The first-order valence-electron chi connectivity index (χ1n) is 9.10. The van der Waals surface area contributed by atoms with Gasteiger partial charge in [-0.1, -0.05) is 12.1 Å². The third kappa shape index (κ3) is 2.98. The van der Waals surface area contributed by atoms with E-state index in [1.165, 1.54) is 26.4 Å². The molecule has 0 fully saturated rings. The zero-order chi connectivity index (χ0) is 21.4. The predicted molar refractivity (Wildman–Crippen MR) is 107 cm³/mol. The second-order valence-corrected chi connectivity index (χ2v) is 6.78. The lowest BCUT2D eigenvalue weighted by atomic mass is 9.93. The maximum absolute atomic E-state index is 12.8. The Bertz CT molecular complexity index is 1130. The van der Waals surface area contributed by atoms with Crippen molar-refractivity contribution in [2.75, 3.05) is 14.2 Å². The Kier molecular flexibility index (Phi) is 4.93. The molecule has 30 heavy (non-hydrogen) atoms. The number of benzene rings is 2. The lowest BCUT2D eigenvalue weighted by Crippen LogP contribution is -2.27. The van der Waals surface area contributed by atoms with Crippen LogP contribution in [-0.2, 0) is 4.79 Å². The molecule has 2 aromatic carbocycles. The number of rotatable bonds is 6. The Morgan fingerprint density at radius 2 is 1.73 bits per heavy atom. The zero-order valence-corrected chi connectivity index (χ0v) is 16.2. The van der Waals surface area contributed by atoms with E-state index in [9.17, 15) is 19.5 Å². The van der Waals surface area contributed by atoms with Gasteiger partial charge in [0.05, 0.1) is 31.5 Å². The number of aliphatic hydroxyl groups excluding tert-OH is 1. The fourth-order valence-electron chi connectivity index (χ4n) is 3.78. The summed E-state index contributed by atoms with van der Waals surface area (Å²) in [6, 6.07) is 9.12. The van der Waals surface area contributed by atoms with Crippen molar-refractivity contribution in [3.05, 3.63) is 69.8 Å². The molecule has 0 saturated carbocycles. The van der Waals surface area contributed by atoms with Crippen LogP contribution >= 0.6 is 0 Å². The monoisotopic (exact) mass is 406 g/mol. The van der Waals surface area contributed by atoms with E-state index in [2.05, 4.69) is 10.3 Å². The van der Waals surface area contributed by atoms with Crippen LogP contribution in [0.4, 0.5) is 0 Å². The van der Waals surface area contributed by atoms with Crippen molar-refractivity contribution in [3.63, 3.8) is 0 Å². The van der Waals surface area contributed by atoms with Gasteiger partial charge in [-0.25, -0.2) is 4.99 Å². The van der Waals surface area contributed by atoms with Crippen molar-refractivity contribution in [3.8, 4) is 11.5 Å². The summed E-state index contributed by atoms with van der Waals surface area (Å²) in [6.07, 6.45) is -0.0539. The van der Waals surface area contributed by atoms with Crippen LogP contribution in [0, 0.1) is 0 Å². The highest BCUT2D eigenvalue weighted by atomic mass is 16.5. The molecule has 0 radical (unpaired) electrons. The molecule has 0 bridgehead atoms. The largest absolute Gasteiger partial charge is 0.493 e. The fourth-order valence-corrected chi connectivity index (χ4v) is 3.78. The van der Waals surface area contributed by atoms with E-state index in [4.69, 9.17) is 9.47 Å². The van der Waals surface area contributed by atoms with Gasteiger partial charge in [0, 0.05) is 22.3 Å². The summed E-state index contributed by atoms with van der Waals surface area (Å²) in [7, 11) is 3.02. The first kappa shape index (κ1) is 19.5. The van der Waals surface area contributed by atoms with E-state index in [-0.39, 0.29) is 22.6 Å². The summed E-state index contributed by atoms with van der Waals surface area (Å²) in [5.74, 6) is 0.614. The van der Waals surface area contributed by atoms with Gasteiger partial charge in [-0.15, -0.1) is 0 Å². The van der Waals surface area contributed by atoms with Crippen molar-refractivity contribution >= 4 is 24.2 Å². The van der Waals surface area contributed by atoms with E-state index in [1.807, 2.05) is 0 Å². The molecule has 152 valence electrons. The van der Waals surface area contributed by atoms with Crippen LogP contribution in [0.2, 0.25) is 0 Å². The van der Waals surface area contributed by atoms with Crippen molar-refractivity contribution in [2.24, 2.45) is 4.99 Å². The van der Waals surface area contributed by atoms with E-state index < -0.39 is 12.3 Å². The van der Waals surface area contributed by atoms with E-state index in [1.54, 1.807) is 24.3 Å². The zero-order valence-electron chi connectivity index (χ0n) is 16.2. The summed E-state index contributed by atoms with van der Waals surface area (Å²) >= 11 is 0. The molecule has 2 aliphatic rings. The van der Waals surface area contributed by atoms with Crippen molar-refractivity contribution in [1.82, 2.24) is 5.32 Å². The molecular weight excluding hydrogens is 388 g/mol. The molecule has 0 aliphatic carbocycles. The standard InChI is InChI=1S/C22H18N2O6/c1-29-15-6-5-12(8-16(15)30-2)20-18-17(21(27)24-20)19(23-22(18)28)11-3-4-13(9-25)14(7-11)10-26/h3-10,19,21,27H,1-2H3,(H,23,28). The summed E-state index contributed by atoms with van der Waals surface area (Å²) in [4.78, 5) is 39.5. The first-order valence-corrected chi connectivity index (χ1v) is 9.10. The van der Waals surface area contributed by atoms with Crippen molar-refractivity contribution in [2.45, 2.75) is 12.3 Å². The van der Waals surface area contributed by atoms with Crippen LogP contribution in [0.1, 0.15) is 37.9 Å². The number of carbonyl (C=O) groups excluding carboxylic acids is 3. The van der Waals surface area contributed by atoms with Gasteiger partial charge in [0.1, 0.15) is 0 Å². The van der Waals surface area contributed by atoms with Crippen LogP contribution in [-0.4, -0.2) is 49.7 Å². The molecule has 4 rings (SSSR count). The molecule has 2 heterocycles. The molecule has 8 heteroatoms. The van der Waals surface area contributed by atoms with Crippen molar-refractivity contribution < 1.29 is 29.0 Å². The molecular formula is C22H18N2O6. The molecule has 2 aliphatic heterocycles. The van der Waals surface area contributed by atoms with Gasteiger partial charge in [0.2, 0.25) is 0 Å². The number of hydrogen-bond donors (Lipinski definition) is 2. The summed E-state index contributed by atoms with van der Waals surface area (Å²) in [5, 5.41) is 13.4. The van der Waals surface area contributed by atoms with Gasteiger partial charge in [0.15, 0.2) is 30.3 Å². The molecule has 2 aromatic rings. The van der Waals surface area contributed by atoms with Crippen LogP contribution in [0.5, 0.6) is 11.5 Å². The normalized spacial score (nSPS) is 19.8. The Labute approximate surface area is 171 Å². The average molecular weight is 406 g/mol.